The van der Waals surface area contributed by atoms with Gasteiger partial charge in [0.15, 0.2) is 0 Å². The van der Waals surface area contributed by atoms with Crippen LogP contribution in [0.4, 0.5) is 0 Å². The molecule has 0 bridgehead atoms. The first-order chi connectivity index (χ1) is 29.1. The van der Waals surface area contributed by atoms with Gasteiger partial charge in [-0.1, -0.05) is 125 Å². The number of pyridine rings is 3. The number of hydrogen-bond acceptors (Lipinski definition) is 5. The van der Waals surface area contributed by atoms with Gasteiger partial charge in [-0.2, -0.15) is 0 Å². The maximum absolute atomic E-state index is 9.82. The Kier molecular flexibility index (Phi) is 9.93. The Labute approximate surface area is 356 Å². The van der Waals surface area contributed by atoms with Crippen molar-refractivity contribution in [2.24, 2.45) is 11.3 Å². The van der Waals surface area contributed by atoms with E-state index >= 15 is 0 Å². The Morgan fingerprint density at radius 1 is 0.911 bits per heavy atom. The molecule has 7 aromatic rings. The van der Waals surface area contributed by atoms with E-state index in [1.807, 2.05) is 99.8 Å². The van der Waals surface area contributed by atoms with Crippen molar-refractivity contribution in [3.63, 3.8) is 0 Å². The van der Waals surface area contributed by atoms with Gasteiger partial charge in [0.2, 0.25) is 5.71 Å². The number of fused-ring (bicyclic) bond motifs is 3. The van der Waals surface area contributed by atoms with E-state index < -0.39 is 33.1 Å². The maximum Gasteiger partial charge on any atom is 0.216 e. The molecule has 1 saturated carbocycles. The molecule has 1 aliphatic carbocycles. The van der Waals surface area contributed by atoms with Gasteiger partial charge in [0.25, 0.3) is 0 Å². The molecule has 7 heteroatoms. The van der Waals surface area contributed by atoms with Crippen LogP contribution >= 0.6 is 0 Å². The van der Waals surface area contributed by atoms with Gasteiger partial charge in [-0.3, -0.25) is 0 Å². The molecule has 0 aliphatic heterocycles. The van der Waals surface area contributed by atoms with Crippen molar-refractivity contribution in [1.82, 2.24) is 15.0 Å². The van der Waals surface area contributed by atoms with Crippen molar-refractivity contribution in [2.75, 3.05) is 0 Å². The van der Waals surface area contributed by atoms with E-state index in [1.165, 1.54) is 12.3 Å². The first-order valence-corrected chi connectivity index (χ1v) is 22.4. The van der Waals surface area contributed by atoms with E-state index in [0.717, 1.165) is 53.3 Å². The summed E-state index contributed by atoms with van der Waals surface area (Å²) in [5.74, 6) is -0.250. The number of rotatable bonds is 7. The second-order valence-corrected chi connectivity index (χ2v) is 21.2. The number of benzene rings is 3. The summed E-state index contributed by atoms with van der Waals surface area (Å²) in [6.45, 7) is 10.0. The van der Waals surface area contributed by atoms with Gasteiger partial charge in [0, 0.05) is 59.1 Å². The predicted molar refractivity (Wildman–Crippen MR) is 229 cm³/mol. The Bertz CT molecular complexity index is 2790. The van der Waals surface area contributed by atoms with Gasteiger partial charge >= 0.3 is 0 Å². The zero-order valence-electron chi connectivity index (χ0n) is 39.7. The van der Waals surface area contributed by atoms with Crippen molar-refractivity contribution in [3.8, 4) is 39.8 Å². The zero-order chi connectivity index (χ0) is 44.8. The molecule has 4 heterocycles. The summed E-state index contributed by atoms with van der Waals surface area (Å²) in [7, 11) is -1.70. The fourth-order valence-electron chi connectivity index (χ4n) is 7.01. The zero-order valence-corrected chi connectivity index (χ0v) is 36.1. The van der Waals surface area contributed by atoms with Gasteiger partial charge in [0.05, 0.1) is 19.4 Å². The Hall–Kier alpha value is -4.73. The van der Waals surface area contributed by atoms with Crippen LogP contribution in [0, 0.1) is 41.6 Å². The van der Waals surface area contributed by atoms with Crippen molar-refractivity contribution in [3.05, 3.63) is 132 Å². The van der Waals surface area contributed by atoms with Gasteiger partial charge < -0.3 is 14.4 Å². The quantitative estimate of drug-likeness (QED) is 0.118. The van der Waals surface area contributed by atoms with Gasteiger partial charge in [-0.25, -0.2) is 10.2 Å². The van der Waals surface area contributed by atoms with Crippen molar-refractivity contribution in [1.29, 1.82) is 5.26 Å². The van der Waals surface area contributed by atoms with E-state index in [1.54, 1.807) is 6.07 Å². The third kappa shape index (κ3) is 9.27. The number of nitriles is 1. The van der Waals surface area contributed by atoms with Crippen LogP contribution in [-0.4, -0.2) is 23.0 Å². The number of nitrogens with zero attached hydrogens (tertiary/aromatic N) is 4. The Morgan fingerprint density at radius 3 is 2.34 bits per heavy atom. The number of aryl methyl sites for hydroxylation is 1. The van der Waals surface area contributed by atoms with Crippen LogP contribution in [0.25, 0.3) is 55.8 Å². The summed E-state index contributed by atoms with van der Waals surface area (Å²) in [6, 6.07) is 34.4. The van der Waals surface area contributed by atoms with Crippen molar-refractivity contribution in [2.45, 2.75) is 85.7 Å². The fourth-order valence-corrected chi connectivity index (χ4v) is 8.40. The summed E-state index contributed by atoms with van der Waals surface area (Å²) in [6.07, 6.45) is 3.31. The van der Waals surface area contributed by atoms with Crippen molar-refractivity contribution < 1.29 is 34.1 Å². The second kappa shape index (κ2) is 17.2. The van der Waals surface area contributed by atoms with Gasteiger partial charge in [-0.15, -0.1) is 48.0 Å². The minimum Gasteiger partial charge on any atom is -0.486 e. The topological polar surface area (TPSA) is 75.6 Å². The molecule has 1 fully saturated rings. The van der Waals surface area contributed by atoms with Gasteiger partial charge in [0.1, 0.15) is 0 Å². The van der Waals surface area contributed by atoms with E-state index in [2.05, 4.69) is 47.8 Å². The number of hydrogen-bond donors (Lipinski definition) is 0. The minimum atomic E-state index is -2.55. The number of aromatic nitrogens is 3. The first kappa shape index (κ1) is 32.4. The first-order valence-electron chi connectivity index (χ1n) is 22.4. The molecule has 0 N–H and O–H groups in total. The summed E-state index contributed by atoms with van der Waals surface area (Å²) < 4.78 is 65.9. The van der Waals surface area contributed by atoms with Crippen LogP contribution in [0.2, 0.25) is 19.6 Å². The van der Waals surface area contributed by atoms with Crippen LogP contribution in [0.5, 0.6) is 0 Å². The monoisotopic (exact) mass is 938 g/mol. The standard InChI is InChI=1S/C30H24N3O.C19H26NSi.Ir/c1-19-15-27(32-18-23(19)16-20-7-5-6-8-20)24-12-11-22(17-31)28-25-13-14-26(21-9-3-2-4-10-21)33-30(25)34-29(24)28;1-19(2,3)13-16-12-17(15-10-8-7-9-11-15)20-14-18(16)21(4,5)6;/h2-4,9-11,13-15,18,20H,5-8,16H2,1H3;7-10,12,14H,13H2,1-6H3;/q2*-1;/i1D3,16D2;13D2;. The molecule has 287 valence electrons. The predicted octanol–water partition coefficient (Wildman–Crippen LogP) is 12.1. The van der Waals surface area contributed by atoms with E-state index in [9.17, 15) is 5.26 Å². The molecule has 0 unspecified atom stereocenters. The molecular weight excluding hydrogens is 881 g/mol. The molecular formula is C49H50IrN4OSi-2. The molecule has 3 aromatic carbocycles. The third-order valence-corrected chi connectivity index (χ3v) is 11.7. The SMILES string of the molecule is [2H]C([2H])([2H])c1cc(-c2[c-]cc(C#N)c3c2oc2nc(-c4ccccc4)ccc23)ncc1C([2H])([2H])C1CCCC1.[2H]C([2H])(c1cc(-c2[c-]cccc2)ncc1[Si](C)(C)C)C(C)(C)C.[Ir]. The molecule has 0 amide bonds. The van der Waals surface area contributed by atoms with Crippen LogP contribution in [-0.2, 0) is 32.9 Å². The molecule has 5 nitrogen and oxygen atoms in total. The molecule has 1 radical (unpaired) electrons. The van der Waals surface area contributed by atoms with E-state index in [4.69, 9.17) is 19.0 Å². The molecule has 0 saturated heterocycles. The van der Waals surface area contributed by atoms with E-state index in [0.29, 0.717) is 38.9 Å². The summed E-state index contributed by atoms with van der Waals surface area (Å²) in [4.78, 5) is 13.8. The summed E-state index contributed by atoms with van der Waals surface area (Å²) in [5.41, 5.74) is 5.35. The maximum atomic E-state index is 9.82. The molecule has 8 rings (SSSR count). The second-order valence-electron chi connectivity index (χ2n) is 16.2. The summed E-state index contributed by atoms with van der Waals surface area (Å²) >= 11 is 0. The Balaban J connectivity index is 0.000000236. The molecule has 4 aromatic heterocycles. The molecule has 0 spiro atoms. The average molecular weight is 938 g/mol. The fraction of sp³-hybridized carbons (Fsp3) is 0.306. The molecule has 0 atom stereocenters. The number of furan rings is 1. The molecule has 56 heavy (non-hydrogen) atoms. The van der Waals surface area contributed by atoms with E-state index in [-0.39, 0.29) is 42.8 Å². The Morgan fingerprint density at radius 2 is 1.66 bits per heavy atom. The van der Waals surface area contributed by atoms with Crippen molar-refractivity contribution >= 4 is 35.3 Å². The smallest absolute Gasteiger partial charge is 0.216 e. The minimum absolute atomic E-state index is 0. The summed E-state index contributed by atoms with van der Waals surface area (Å²) in [5, 5.41) is 12.1. The van der Waals surface area contributed by atoms with Crippen LogP contribution < -0.4 is 5.19 Å². The van der Waals surface area contributed by atoms with Crippen LogP contribution in [0.1, 0.15) is 78.3 Å². The van der Waals surface area contributed by atoms with Gasteiger partial charge in [-0.05, 0) is 76.2 Å². The largest absolute Gasteiger partial charge is 0.486 e. The van der Waals surface area contributed by atoms with Crippen LogP contribution in [0.15, 0.2) is 102 Å². The molecule has 1 aliphatic rings. The average Bonchev–Trinajstić information content (AvgIpc) is 3.93. The third-order valence-electron chi connectivity index (χ3n) is 9.68. The normalized spacial score (nSPS) is 15.8. The van der Waals surface area contributed by atoms with Crippen LogP contribution in [0.3, 0.4) is 0 Å².